The first-order valence-electron chi connectivity index (χ1n) is 12.3. The standard InChI is InChI=1S/C25H21F3N8O4S/c1-39-24-31-7-15(8-32-24)11-35-18-4-19(35)13-34(12-18)22-3-2-16(9-30-22)21-5-20(40-41(37,38)25(26,27)28)14-36-23(21)17(6-29)10-33-36/h2-3,5,7-10,14,18-19H,4,11-13H2,1H3. The third kappa shape index (κ3) is 4.87. The highest BCUT2D eigenvalue weighted by Crippen LogP contribution is 2.37. The fourth-order valence-corrected chi connectivity index (χ4v) is 5.66. The van der Waals surface area contributed by atoms with Crippen molar-refractivity contribution >= 4 is 21.5 Å². The second-order valence-corrected chi connectivity index (χ2v) is 11.2. The largest absolute Gasteiger partial charge is 0.534 e. The number of hydrogen-bond acceptors (Lipinski definition) is 11. The van der Waals surface area contributed by atoms with E-state index in [4.69, 9.17) is 4.74 Å². The third-order valence-corrected chi connectivity index (χ3v) is 8.13. The zero-order valence-electron chi connectivity index (χ0n) is 21.4. The van der Waals surface area contributed by atoms with Gasteiger partial charge in [0.05, 0.1) is 30.6 Å². The van der Waals surface area contributed by atoms with E-state index in [1.807, 2.05) is 6.07 Å². The van der Waals surface area contributed by atoms with Crippen LogP contribution in [-0.2, 0) is 16.7 Å². The molecule has 3 aliphatic heterocycles. The maximum absolute atomic E-state index is 12.9. The van der Waals surface area contributed by atoms with E-state index in [2.05, 4.69) is 34.0 Å². The van der Waals surface area contributed by atoms with Crippen LogP contribution >= 0.6 is 0 Å². The number of alkyl halides is 3. The normalized spacial score (nSPS) is 19.0. The number of nitriles is 1. The summed E-state index contributed by atoms with van der Waals surface area (Å²) in [5, 5.41) is 13.5. The van der Waals surface area contributed by atoms with Crippen LogP contribution in [0.5, 0.6) is 11.8 Å². The highest BCUT2D eigenvalue weighted by Gasteiger charge is 2.49. The summed E-state index contributed by atoms with van der Waals surface area (Å²) < 4.78 is 72.4. The molecule has 0 aromatic carbocycles. The molecular weight excluding hydrogens is 565 g/mol. The molecule has 0 aliphatic carbocycles. The van der Waals surface area contributed by atoms with E-state index in [-0.39, 0.29) is 16.6 Å². The lowest BCUT2D eigenvalue weighted by atomic mass is 9.87. The van der Waals surface area contributed by atoms with E-state index < -0.39 is 21.4 Å². The molecule has 0 saturated carbocycles. The van der Waals surface area contributed by atoms with E-state index >= 15 is 0 Å². The Labute approximate surface area is 231 Å². The first-order valence-corrected chi connectivity index (χ1v) is 13.7. The SMILES string of the molecule is COc1ncc(CN2C3CC2CN(c2ccc(-c4cc(OS(=O)(=O)C(F)(F)F)cn5ncc(C#N)c45)cn2)C3)cn1. The summed E-state index contributed by atoms with van der Waals surface area (Å²) in [6.45, 7) is 2.23. The second kappa shape index (κ2) is 9.85. The van der Waals surface area contributed by atoms with Gasteiger partial charge in [-0.3, -0.25) is 4.90 Å². The fraction of sp³-hybridized carbons (Fsp3) is 0.320. The number of halogens is 3. The molecule has 0 amide bonds. The Morgan fingerprint density at radius 1 is 1.10 bits per heavy atom. The van der Waals surface area contributed by atoms with Gasteiger partial charge >= 0.3 is 21.6 Å². The first kappa shape index (κ1) is 26.7. The number of piperazine rings is 1. The Morgan fingerprint density at radius 2 is 1.83 bits per heavy atom. The molecule has 2 atom stereocenters. The molecule has 0 spiro atoms. The van der Waals surface area contributed by atoms with Crippen molar-refractivity contribution in [3.63, 3.8) is 0 Å². The summed E-state index contributed by atoms with van der Waals surface area (Å²) in [5.41, 5.74) is -3.52. The molecule has 41 heavy (non-hydrogen) atoms. The zero-order valence-corrected chi connectivity index (χ0v) is 22.2. The van der Waals surface area contributed by atoms with Crippen molar-refractivity contribution < 1.29 is 30.5 Å². The molecule has 7 heterocycles. The Balaban J connectivity index is 1.22. The summed E-state index contributed by atoms with van der Waals surface area (Å²) in [6.07, 6.45) is 8.29. The first-order chi connectivity index (χ1) is 19.6. The molecule has 16 heteroatoms. The Morgan fingerprint density at radius 3 is 2.44 bits per heavy atom. The van der Waals surface area contributed by atoms with Gasteiger partial charge in [0.2, 0.25) is 0 Å². The minimum absolute atomic E-state index is 0.146. The average molecular weight is 587 g/mol. The number of fused-ring (bicyclic) bond motifs is 3. The number of pyridine rings is 2. The third-order valence-electron chi connectivity index (χ3n) is 7.15. The van der Waals surface area contributed by atoms with Gasteiger partial charge in [-0.2, -0.15) is 31.9 Å². The van der Waals surface area contributed by atoms with Crippen LogP contribution in [0.15, 0.2) is 49.2 Å². The molecule has 0 N–H and O–H groups in total. The Bertz CT molecular complexity index is 1740. The molecule has 2 bridgehead atoms. The minimum atomic E-state index is -5.91. The number of aromatic nitrogens is 5. The highest BCUT2D eigenvalue weighted by atomic mass is 32.2. The Hall–Kier alpha value is -4.49. The van der Waals surface area contributed by atoms with Crippen molar-refractivity contribution in [3.05, 3.63) is 60.3 Å². The molecule has 7 rings (SSSR count). The molecule has 212 valence electrons. The predicted molar refractivity (Wildman–Crippen MR) is 137 cm³/mol. The zero-order chi connectivity index (χ0) is 28.9. The van der Waals surface area contributed by atoms with Gasteiger partial charge in [-0.15, -0.1) is 0 Å². The van der Waals surface area contributed by atoms with Crippen LogP contribution in [0.1, 0.15) is 17.5 Å². The minimum Gasteiger partial charge on any atom is -0.467 e. The molecule has 3 saturated heterocycles. The monoisotopic (exact) mass is 586 g/mol. The summed E-state index contributed by atoms with van der Waals surface area (Å²) in [4.78, 5) is 17.5. The van der Waals surface area contributed by atoms with Gasteiger partial charge in [0.15, 0.2) is 5.75 Å². The predicted octanol–water partition coefficient (Wildman–Crippen LogP) is 2.76. The lowest BCUT2D eigenvalue weighted by Gasteiger charge is -2.56. The van der Waals surface area contributed by atoms with Gasteiger partial charge in [0.25, 0.3) is 0 Å². The van der Waals surface area contributed by atoms with Crippen LogP contribution in [0.4, 0.5) is 19.0 Å². The van der Waals surface area contributed by atoms with E-state index in [1.54, 1.807) is 24.5 Å². The van der Waals surface area contributed by atoms with E-state index in [0.717, 1.165) is 48.4 Å². The summed E-state index contributed by atoms with van der Waals surface area (Å²) in [7, 11) is -4.40. The number of rotatable bonds is 7. The summed E-state index contributed by atoms with van der Waals surface area (Å²) in [6, 6.07) is 7.56. The van der Waals surface area contributed by atoms with Crippen LogP contribution in [-0.4, -0.2) is 75.7 Å². The molecular formula is C25H21F3N8O4S. The number of methoxy groups -OCH3 is 1. The molecule has 4 aromatic heterocycles. The lowest BCUT2D eigenvalue weighted by Crippen LogP contribution is -2.68. The van der Waals surface area contributed by atoms with E-state index in [9.17, 15) is 26.9 Å². The molecule has 4 aromatic rings. The quantitative estimate of drug-likeness (QED) is 0.233. The molecule has 0 radical (unpaired) electrons. The molecule has 3 aliphatic rings. The number of anilines is 1. The summed E-state index contributed by atoms with van der Waals surface area (Å²) in [5.74, 6) is 0.105. The lowest BCUT2D eigenvalue weighted by molar-refractivity contribution is -0.0500. The number of piperidine rings is 1. The number of hydrogen-bond donors (Lipinski definition) is 0. The van der Waals surface area contributed by atoms with Crippen molar-refractivity contribution in [1.82, 2.24) is 29.5 Å². The van der Waals surface area contributed by atoms with Crippen LogP contribution in [0.2, 0.25) is 0 Å². The van der Waals surface area contributed by atoms with Gasteiger partial charge < -0.3 is 13.8 Å². The van der Waals surface area contributed by atoms with Crippen LogP contribution < -0.4 is 13.8 Å². The van der Waals surface area contributed by atoms with E-state index in [0.29, 0.717) is 29.5 Å². The van der Waals surface area contributed by atoms with Crippen LogP contribution in [0.25, 0.3) is 16.6 Å². The molecule has 12 nitrogen and oxygen atoms in total. The van der Waals surface area contributed by atoms with Crippen molar-refractivity contribution in [2.45, 2.75) is 30.6 Å². The van der Waals surface area contributed by atoms with Crippen molar-refractivity contribution in [1.29, 1.82) is 5.26 Å². The smallest absolute Gasteiger partial charge is 0.467 e. The average Bonchev–Trinajstić information content (AvgIpc) is 3.38. The van der Waals surface area contributed by atoms with Gasteiger partial charge in [-0.05, 0) is 24.6 Å². The molecule has 3 fully saturated rings. The van der Waals surface area contributed by atoms with Crippen molar-refractivity contribution in [3.8, 4) is 29.0 Å². The summed E-state index contributed by atoms with van der Waals surface area (Å²) >= 11 is 0. The van der Waals surface area contributed by atoms with Crippen molar-refractivity contribution in [2.75, 3.05) is 25.1 Å². The van der Waals surface area contributed by atoms with Gasteiger partial charge in [-0.25, -0.2) is 19.5 Å². The molecule has 2 unspecified atom stereocenters. The number of ether oxygens (including phenoxy) is 1. The number of nitrogens with zero attached hydrogens (tertiary/aromatic N) is 8. The van der Waals surface area contributed by atoms with Crippen LogP contribution in [0.3, 0.4) is 0 Å². The fourth-order valence-electron chi connectivity index (χ4n) is 5.22. The topological polar surface area (TPSA) is 139 Å². The van der Waals surface area contributed by atoms with Gasteiger partial charge in [-0.1, -0.05) is 0 Å². The van der Waals surface area contributed by atoms with E-state index in [1.165, 1.54) is 19.5 Å². The van der Waals surface area contributed by atoms with Crippen LogP contribution in [0, 0.1) is 11.3 Å². The van der Waals surface area contributed by atoms with Crippen molar-refractivity contribution in [2.24, 2.45) is 0 Å². The maximum atomic E-state index is 12.9. The highest BCUT2D eigenvalue weighted by molar-refractivity contribution is 7.88. The Kier molecular flexibility index (Phi) is 6.42. The van der Waals surface area contributed by atoms with Gasteiger partial charge in [0, 0.05) is 67.0 Å². The second-order valence-electron chi connectivity index (χ2n) is 9.64. The van der Waals surface area contributed by atoms with Gasteiger partial charge in [0.1, 0.15) is 11.9 Å². The maximum Gasteiger partial charge on any atom is 0.534 e.